The first-order valence-electron chi connectivity index (χ1n) is 10.5. The third kappa shape index (κ3) is 4.98. The minimum atomic E-state index is -3.71. The van der Waals surface area contributed by atoms with Gasteiger partial charge in [0, 0.05) is 38.9 Å². The molecule has 1 saturated heterocycles. The van der Waals surface area contributed by atoms with Gasteiger partial charge in [0.25, 0.3) is 0 Å². The molecule has 30 heavy (non-hydrogen) atoms. The van der Waals surface area contributed by atoms with Gasteiger partial charge in [0.15, 0.2) is 0 Å². The fraction of sp³-hybridized carbons (Fsp3) is 0.650. The second-order valence-corrected chi connectivity index (χ2v) is 9.76. The number of sulfonamides is 1. The van der Waals surface area contributed by atoms with Gasteiger partial charge in [0.05, 0.1) is 16.3 Å². The van der Waals surface area contributed by atoms with E-state index >= 15 is 0 Å². The van der Waals surface area contributed by atoms with Gasteiger partial charge in [-0.15, -0.1) is 5.10 Å². The number of piperidine rings is 1. The van der Waals surface area contributed by atoms with Gasteiger partial charge < -0.3 is 10.1 Å². The minimum absolute atomic E-state index is 0.0956. The third-order valence-corrected chi connectivity index (χ3v) is 7.15. The average Bonchev–Trinajstić information content (AvgIpc) is 3.17. The molecule has 3 rings (SSSR count). The van der Waals surface area contributed by atoms with Gasteiger partial charge in [0.1, 0.15) is 5.52 Å². The summed E-state index contributed by atoms with van der Waals surface area (Å²) in [6.45, 7) is 8.31. The van der Waals surface area contributed by atoms with E-state index in [2.05, 4.69) is 15.6 Å². The van der Waals surface area contributed by atoms with E-state index in [1.807, 2.05) is 20.8 Å². The van der Waals surface area contributed by atoms with Crippen LogP contribution in [0, 0.1) is 5.92 Å². The second kappa shape index (κ2) is 9.84. The van der Waals surface area contributed by atoms with Crippen LogP contribution in [-0.2, 0) is 19.6 Å². The Labute approximate surface area is 177 Å². The quantitative estimate of drug-likeness (QED) is 0.601. The molecule has 9 nitrogen and oxygen atoms in total. The van der Waals surface area contributed by atoms with Crippen LogP contribution in [0.5, 0.6) is 0 Å². The monoisotopic (exact) mass is 437 g/mol. The lowest BCUT2D eigenvalue weighted by molar-refractivity contribution is -0.126. The smallest absolute Gasteiger partial charge is 0.243 e. The zero-order chi connectivity index (χ0) is 21.7. The van der Waals surface area contributed by atoms with Gasteiger partial charge in [-0.2, -0.15) is 4.31 Å². The van der Waals surface area contributed by atoms with Crippen molar-refractivity contribution in [1.82, 2.24) is 24.6 Å². The second-order valence-electron chi connectivity index (χ2n) is 7.82. The molecule has 0 radical (unpaired) electrons. The Morgan fingerprint density at radius 3 is 2.90 bits per heavy atom. The number of ether oxygens (including phenoxy) is 1. The summed E-state index contributed by atoms with van der Waals surface area (Å²) in [4.78, 5) is 12.7. The molecule has 1 aromatic heterocycles. The summed E-state index contributed by atoms with van der Waals surface area (Å²) in [7, 11) is -3.71. The molecule has 1 N–H and O–H groups in total. The lowest BCUT2D eigenvalue weighted by Gasteiger charge is -2.31. The Balaban J connectivity index is 1.68. The van der Waals surface area contributed by atoms with Crippen molar-refractivity contribution in [2.45, 2.75) is 51.0 Å². The molecule has 2 aromatic rings. The summed E-state index contributed by atoms with van der Waals surface area (Å²) in [5.74, 6) is -0.437. The van der Waals surface area contributed by atoms with Crippen molar-refractivity contribution in [3.8, 4) is 0 Å². The van der Waals surface area contributed by atoms with Crippen LogP contribution in [0.1, 0.15) is 46.1 Å². The van der Waals surface area contributed by atoms with Crippen LogP contribution in [0.15, 0.2) is 23.1 Å². The summed E-state index contributed by atoms with van der Waals surface area (Å²) in [5.41, 5.74) is 1.34. The molecule has 1 fully saturated rings. The normalized spacial score (nSPS) is 18.2. The number of nitrogens with zero attached hydrogens (tertiary/aromatic N) is 4. The lowest BCUT2D eigenvalue weighted by Crippen LogP contribution is -2.45. The van der Waals surface area contributed by atoms with E-state index in [-0.39, 0.29) is 29.3 Å². The fourth-order valence-electron chi connectivity index (χ4n) is 3.66. The number of hydrogen-bond donors (Lipinski definition) is 1. The largest absolute Gasteiger partial charge is 0.382 e. The fourth-order valence-corrected chi connectivity index (χ4v) is 5.21. The summed E-state index contributed by atoms with van der Waals surface area (Å²) < 4.78 is 34.8. The van der Waals surface area contributed by atoms with E-state index in [0.717, 1.165) is 11.9 Å². The number of nitrogens with one attached hydrogen (secondary N) is 1. The Bertz CT molecular complexity index is 973. The highest BCUT2D eigenvalue weighted by Gasteiger charge is 2.33. The topological polar surface area (TPSA) is 106 Å². The number of carbonyl (C=O) groups excluding carboxylic acids is 1. The maximum Gasteiger partial charge on any atom is 0.243 e. The minimum Gasteiger partial charge on any atom is -0.382 e. The molecule has 1 aromatic carbocycles. The highest BCUT2D eigenvalue weighted by molar-refractivity contribution is 7.89. The van der Waals surface area contributed by atoms with E-state index in [1.165, 1.54) is 4.31 Å². The Kier molecular flexibility index (Phi) is 7.43. The molecule has 166 valence electrons. The van der Waals surface area contributed by atoms with Crippen molar-refractivity contribution in [1.29, 1.82) is 0 Å². The Morgan fingerprint density at radius 1 is 1.37 bits per heavy atom. The van der Waals surface area contributed by atoms with E-state index in [1.54, 1.807) is 22.9 Å². The summed E-state index contributed by atoms with van der Waals surface area (Å²) in [6.07, 6.45) is 2.08. The van der Waals surface area contributed by atoms with E-state index in [4.69, 9.17) is 4.74 Å². The third-order valence-electron chi connectivity index (χ3n) is 5.29. The lowest BCUT2D eigenvalue weighted by atomic mass is 9.99. The SMILES string of the molecule is CCOCCCNC(=O)C1CCCN(S(=O)(=O)c2ccc3c(c2)nnn3C(C)C)C1. The standard InChI is InChI=1S/C20H31N5O4S/c1-4-29-12-6-10-21-20(26)16-7-5-11-24(14-16)30(27,28)17-8-9-19-18(13-17)22-23-25(19)15(2)3/h8-9,13,15-16H,4-7,10-12,14H2,1-3H3,(H,21,26). The predicted molar refractivity (Wildman–Crippen MR) is 114 cm³/mol. The highest BCUT2D eigenvalue weighted by Crippen LogP contribution is 2.26. The van der Waals surface area contributed by atoms with Crippen LogP contribution in [-0.4, -0.2) is 66.5 Å². The first-order valence-corrected chi connectivity index (χ1v) is 12.0. The van der Waals surface area contributed by atoms with Crippen molar-refractivity contribution in [3.63, 3.8) is 0 Å². The number of amides is 1. The Hall–Kier alpha value is -2.04. The number of rotatable bonds is 9. The van der Waals surface area contributed by atoms with Crippen molar-refractivity contribution in [2.75, 3.05) is 32.8 Å². The number of benzene rings is 1. The average molecular weight is 438 g/mol. The van der Waals surface area contributed by atoms with Crippen LogP contribution in [0.25, 0.3) is 11.0 Å². The zero-order valence-corrected chi connectivity index (χ0v) is 18.7. The van der Waals surface area contributed by atoms with E-state index in [9.17, 15) is 13.2 Å². The van der Waals surface area contributed by atoms with Crippen molar-refractivity contribution in [2.24, 2.45) is 5.92 Å². The highest BCUT2D eigenvalue weighted by atomic mass is 32.2. The summed E-state index contributed by atoms with van der Waals surface area (Å²) in [5, 5.41) is 11.1. The maximum atomic E-state index is 13.2. The number of aromatic nitrogens is 3. The molecule has 0 aliphatic carbocycles. The zero-order valence-electron chi connectivity index (χ0n) is 17.9. The van der Waals surface area contributed by atoms with Crippen LogP contribution < -0.4 is 5.32 Å². The number of fused-ring (bicyclic) bond motifs is 1. The molecule has 10 heteroatoms. The summed E-state index contributed by atoms with van der Waals surface area (Å²) >= 11 is 0. The molecular formula is C20H31N5O4S. The van der Waals surface area contributed by atoms with Gasteiger partial charge in [-0.1, -0.05) is 5.21 Å². The van der Waals surface area contributed by atoms with Gasteiger partial charge in [-0.3, -0.25) is 4.79 Å². The van der Waals surface area contributed by atoms with Crippen LogP contribution >= 0.6 is 0 Å². The molecule has 0 saturated carbocycles. The molecule has 0 bridgehead atoms. The Morgan fingerprint density at radius 2 is 2.17 bits per heavy atom. The van der Waals surface area contributed by atoms with Crippen molar-refractivity contribution in [3.05, 3.63) is 18.2 Å². The molecular weight excluding hydrogens is 406 g/mol. The van der Waals surface area contributed by atoms with Crippen LogP contribution in [0.2, 0.25) is 0 Å². The number of carbonyl (C=O) groups is 1. The molecule has 1 atom stereocenters. The van der Waals surface area contributed by atoms with Gasteiger partial charge in [-0.05, 0) is 58.2 Å². The van der Waals surface area contributed by atoms with Crippen LogP contribution in [0.4, 0.5) is 0 Å². The van der Waals surface area contributed by atoms with Gasteiger partial charge in [-0.25, -0.2) is 13.1 Å². The molecule has 1 amide bonds. The summed E-state index contributed by atoms with van der Waals surface area (Å²) in [6, 6.07) is 5.03. The van der Waals surface area contributed by atoms with E-state index in [0.29, 0.717) is 44.7 Å². The van der Waals surface area contributed by atoms with Crippen molar-refractivity contribution < 1.29 is 17.9 Å². The molecule has 0 spiro atoms. The van der Waals surface area contributed by atoms with Crippen molar-refractivity contribution >= 4 is 27.0 Å². The molecule has 1 aliphatic rings. The van der Waals surface area contributed by atoms with Gasteiger partial charge >= 0.3 is 0 Å². The predicted octanol–water partition coefficient (Wildman–Crippen LogP) is 1.96. The van der Waals surface area contributed by atoms with Crippen LogP contribution in [0.3, 0.4) is 0 Å². The molecule has 1 unspecified atom stereocenters. The molecule has 2 heterocycles. The molecule has 1 aliphatic heterocycles. The van der Waals surface area contributed by atoms with Gasteiger partial charge in [0.2, 0.25) is 15.9 Å². The first-order chi connectivity index (χ1) is 14.3. The first kappa shape index (κ1) is 22.6. The maximum absolute atomic E-state index is 13.2. The van der Waals surface area contributed by atoms with E-state index < -0.39 is 10.0 Å². The number of hydrogen-bond acceptors (Lipinski definition) is 6.